The van der Waals surface area contributed by atoms with Crippen molar-refractivity contribution in [2.45, 2.75) is 33.7 Å². The van der Waals surface area contributed by atoms with E-state index in [2.05, 4.69) is 15.6 Å². The van der Waals surface area contributed by atoms with E-state index in [4.69, 9.17) is 4.52 Å². The van der Waals surface area contributed by atoms with Gasteiger partial charge in [0.1, 0.15) is 5.76 Å². The molecule has 0 unspecified atom stereocenters. The van der Waals surface area contributed by atoms with Gasteiger partial charge in [0.25, 0.3) is 5.91 Å². The first-order valence-electron chi connectivity index (χ1n) is 8.50. The molecule has 0 aliphatic carbocycles. The zero-order valence-corrected chi connectivity index (χ0v) is 14.8. The number of carbonyl (C=O) groups is 2. The molecule has 0 radical (unpaired) electrons. The second kappa shape index (κ2) is 7.08. The van der Waals surface area contributed by atoms with Crippen LogP contribution in [0.25, 0.3) is 0 Å². The number of rotatable bonds is 6. The second-order valence-corrected chi connectivity index (χ2v) is 6.34. The molecule has 1 fully saturated rings. The van der Waals surface area contributed by atoms with Gasteiger partial charge >= 0.3 is 0 Å². The van der Waals surface area contributed by atoms with Crippen molar-refractivity contribution < 1.29 is 14.1 Å². The lowest BCUT2D eigenvalue weighted by Gasteiger charge is -2.38. The fraction of sp³-hybridized carbons (Fsp3) is 0.529. The maximum absolute atomic E-state index is 12.3. The normalized spacial score (nSPS) is 14.4. The molecule has 3 rings (SSSR count). The fourth-order valence-corrected chi connectivity index (χ4v) is 2.95. The number of amides is 2. The van der Waals surface area contributed by atoms with E-state index in [1.54, 1.807) is 22.0 Å². The van der Waals surface area contributed by atoms with E-state index in [-0.39, 0.29) is 17.7 Å². The molecule has 2 amide bonds. The third kappa shape index (κ3) is 3.57. The summed E-state index contributed by atoms with van der Waals surface area (Å²) < 4.78 is 6.83. The average molecular weight is 345 g/mol. The first-order chi connectivity index (χ1) is 12.0. The monoisotopic (exact) mass is 345 g/mol. The van der Waals surface area contributed by atoms with Gasteiger partial charge in [-0.15, -0.1) is 0 Å². The van der Waals surface area contributed by atoms with Crippen LogP contribution in [-0.2, 0) is 17.8 Å². The largest absolute Gasteiger partial charge is 0.361 e. The van der Waals surface area contributed by atoms with E-state index in [1.807, 2.05) is 20.8 Å². The quantitative estimate of drug-likeness (QED) is 0.841. The Labute approximate surface area is 146 Å². The molecule has 25 heavy (non-hydrogen) atoms. The molecule has 2 aromatic heterocycles. The zero-order chi connectivity index (χ0) is 18.0. The number of nitrogens with one attached hydrogen (secondary N) is 1. The summed E-state index contributed by atoms with van der Waals surface area (Å²) in [4.78, 5) is 26.1. The minimum absolute atomic E-state index is 0.0138. The van der Waals surface area contributed by atoms with Crippen LogP contribution in [-0.4, -0.2) is 51.3 Å². The summed E-state index contributed by atoms with van der Waals surface area (Å²) in [5, 5.41) is 10.9. The first-order valence-corrected chi connectivity index (χ1v) is 8.50. The molecule has 1 aliphatic heterocycles. The van der Waals surface area contributed by atoms with E-state index >= 15 is 0 Å². The Morgan fingerprint density at radius 2 is 2.12 bits per heavy atom. The summed E-state index contributed by atoms with van der Waals surface area (Å²) in [6.07, 6.45) is 4.00. The predicted molar refractivity (Wildman–Crippen MR) is 90.0 cm³/mol. The summed E-state index contributed by atoms with van der Waals surface area (Å²) in [6, 6.07) is 0. The fourth-order valence-electron chi connectivity index (χ4n) is 2.95. The zero-order valence-electron chi connectivity index (χ0n) is 14.8. The van der Waals surface area contributed by atoms with Gasteiger partial charge in [0.15, 0.2) is 0 Å². The summed E-state index contributed by atoms with van der Waals surface area (Å²) >= 11 is 0. The summed E-state index contributed by atoms with van der Waals surface area (Å²) in [7, 11) is 0. The lowest BCUT2D eigenvalue weighted by Crippen LogP contribution is -2.55. The maximum atomic E-state index is 12.3. The van der Waals surface area contributed by atoms with Crippen molar-refractivity contribution in [1.29, 1.82) is 0 Å². The standard InChI is InChI=1S/C17H23N5O3/c1-4-22-10-13(7-19-22)17(24)21-8-14(9-21)16(23)18-6-5-15-11(2)20-25-12(15)3/h7,10,14H,4-6,8-9H2,1-3H3,(H,18,23). The lowest BCUT2D eigenvalue weighted by atomic mass is 9.98. The molecular weight excluding hydrogens is 322 g/mol. The smallest absolute Gasteiger partial charge is 0.257 e. The van der Waals surface area contributed by atoms with Crippen LogP contribution >= 0.6 is 0 Å². The summed E-state index contributed by atoms with van der Waals surface area (Å²) in [5.41, 5.74) is 2.47. The van der Waals surface area contributed by atoms with Gasteiger partial charge < -0.3 is 14.7 Å². The molecule has 0 atom stereocenters. The molecule has 0 spiro atoms. The minimum Gasteiger partial charge on any atom is -0.361 e. The molecule has 1 aliphatic rings. The van der Waals surface area contributed by atoms with Crippen LogP contribution in [0.5, 0.6) is 0 Å². The number of nitrogens with zero attached hydrogens (tertiary/aromatic N) is 4. The molecule has 2 aromatic rings. The van der Waals surface area contributed by atoms with Crippen molar-refractivity contribution >= 4 is 11.8 Å². The van der Waals surface area contributed by atoms with Crippen LogP contribution in [0.15, 0.2) is 16.9 Å². The van der Waals surface area contributed by atoms with Gasteiger partial charge in [-0.2, -0.15) is 5.10 Å². The first kappa shape index (κ1) is 17.2. The number of aromatic nitrogens is 3. The van der Waals surface area contributed by atoms with E-state index in [0.717, 1.165) is 23.6 Å². The highest BCUT2D eigenvalue weighted by molar-refractivity contribution is 5.95. The van der Waals surface area contributed by atoms with Crippen LogP contribution < -0.4 is 5.32 Å². The van der Waals surface area contributed by atoms with Crippen molar-refractivity contribution in [3.63, 3.8) is 0 Å². The molecule has 3 heterocycles. The lowest BCUT2D eigenvalue weighted by molar-refractivity contribution is -0.128. The Morgan fingerprint density at radius 1 is 1.36 bits per heavy atom. The molecule has 0 saturated carbocycles. The number of likely N-dealkylation sites (tertiary alicyclic amines) is 1. The number of hydrogen-bond donors (Lipinski definition) is 1. The Balaban J connectivity index is 1.43. The van der Waals surface area contributed by atoms with Gasteiger partial charge in [-0.25, -0.2) is 0 Å². The van der Waals surface area contributed by atoms with E-state index in [1.165, 1.54) is 0 Å². The van der Waals surface area contributed by atoms with Crippen LogP contribution in [0.1, 0.15) is 34.3 Å². The summed E-state index contributed by atoms with van der Waals surface area (Å²) in [6.45, 7) is 7.89. The van der Waals surface area contributed by atoms with Crippen LogP contribution in [0.3, 0.4) is 0 Å². The van der Waals surface area contributed by atoms with Crippen molar-refractivity contribution in [3.8, 4) is 0 Å². The average Bonchev–Trinajstić information content (AvgIpc) is 3.15. The molecule has 1 N–H and O–H groups in total. The second-order valence-electron chi connectivity index (χ2n) is 6.34. The Kier molecular flexibility index (Phi) is 4.87. The molecular formula is C17H23N5O3. The Hall–Kier alpha value is -2.64. The van der Waals surface area contributed by atoms with Crippen molar-refractivity contribution in [2.75, 3.05) is 19.6 Å². The molecule has 0 bridgehead atoms. The molecule has 8 heteroatoms. The molecule has 0 aromatic carbocycles. The van der Waals surface area contributed by atoms with Gasteiger partial charge in [0, 0.05) is 37.9 Å². The number of hydrogen-bond acceptors (Lipinski definition) is 5. The van der Waals surface area contributed by atoms with Crippen LogP contribution in [0.4, 0.5) is 0 Å². The molecule has 8 nitrogen and oxygen atoms in total. The Morgan fingerprint density at radius 3 is 2.72 bits per heavy atom. The highest BCUT2D eigenvalue weighted by Crippen LogP contribution is 2.19. The predicted octanol–water partition coefficient (Wildman–Crippen LogP) is 0.939. The third-order valence-electron chi connectivity index (χ3n) is 4.60. The van der Waals surface area contributed by atoms with Gasteiger partial charge in [0.2, 0.25) is 5.91 Å². The van der Waals surface area contributed by atoms with Gasteiger partial charge in [-0.3, -0.25) is 14.3 Å². The van der Waals surface area contributed by atoms with Crippen LogP contribution in [0.2, 0.25) is 0 Å². The topological polar surface area (TPSA) is 93.3 Å². The van der Waals surface area contributed by atoms with E-state index < -0.39 is 0 Å². The number of aryl methyl sites for hydroxylation is 3. The minimum atomic E-state index is -0.144. The van der Waals surface area contributed by atoms with Crippen molar-refractivity contribution in [2.24, 2.45) is 5.92 Å². The van der Waals surface area contributed by atoms with E-state index in [9.17, 15) is 9.59 Å². The third-order valence-corrected chi connectivity index (χ3v) is 4.60. The highest BCUT2D eigenvalue weighted by atomic mass is 16.5. The van der Waals surface area contributed by atoms with Crippen molar-refractivity contribution in [3.05, 3.63) is 35.0 Å². The van der Waals surface area contributed by atoms with Gasteiger partial charge in [0.05, 0.1) is 23.4 Å². The van der Waals surface area contributed by atoms with Crippen molar-refractivity contribution in [1.82, 2.24) is 25.2 Å². The summed E-state index contributed by atoms with van der Waals surface area (Å²) in [5.74, 6) is 0.564. The SMILES string of the molecule is CCn1cc(C(=O)N2CC(C(=O)NCCc3c(C)noc3C)C2)cn1. The maximum Gasteiger partial charge on any atom is 0.257 e. The molecule has 134 valence electrons. The number of carbonyl (C=O) groups excluding carboxylic acids is 2. The highest BCUT2D eigenvalue weighted by Gasteiger charge is 2.36. The Bertz CT molecular complexity index is 754. The van der Waals surface area contributed by atoms with Crippen LogP contribution in [0, 0.1) is 19.8 Å². The molecule has 1 saturated heterocycles. The van der Waals surface area contributed by atoms with Gasteiger partial charge in [-0.05, 0) is 27.2 Å². The van der Waals surface area contributed by atoms with E-state index in [0.29, 0.717) is 31.6 Å². The van der Waals surface area contributed by atoms with Gasteiger partial charge in [-0.1, -0.05) is 5.16 Å².